The number of hydrogen-bond donors (Lipinski definition) is 1. The van der Waals surface area contributed by atoms with Crippen molar-refractivity contribution in [1.82, 2.24) is 14.0 Å². The topological polar surface area (TPSA) is 83.1 Å². The molecule has 7 heteroatoms. The van der Waals surface area contributed by atoms with Crippen molar-refractivity contribution in [2.24, 2.45) is 14.1 Å². The van der Waals surface area contributed by atoms with Crippen LogP contribution in [0.25, 0.3) is 11.0 Å². The van der Waals surface area contributed by atoms with Gasteiger partial charge in [-0.3, -0.25) is 13.9 Å². The Labute approximate surface area is 134 Å². The molecule has 0 aliphatic carbocycles. The summed E-state index contributed by atoms with van der Waals surface area (Å²) in [6.45, 7) is 2.19. The lowest BCUT2D eigenvalue weighted by Gasteiger charge is -2.22. The molecule has 1 heterocycles. The van der Waals surface area contributed by atoms with E-state index in [4.69, 9.17) is 5.26 Å². The smallest absolute Gasteiger partial charge is 0.328 e. The number of carbonyl (C=O) groups is 1. The third kappa shape index (κ3) is 3.21. The lowest BCUT2D eigenvalue weighted by atomic mass is 10.2. The van der Waals surface area contributed by atoms with E-state index in [9.17, 15) is 9.59 Å². The Kier molecular flexibility index (Phi) is 4.74. The molecule has 1 N–H and O–H groups in total. The van der Waals surface area contributed by atoms with E-state index < -0.39 is 6.04 Å². The molecule has 0 fully saturated rings. The fraction of sp³-hybridized carbons (Fsp3) is 0.438. The number of likely N-dealkylation sites (N-methyl/N-ethyl adjacent to an activating group) is 1. The highest BCUT2D eigenvalue weighted by molar-refractivity contribution is 5.86. The second-order valence-electron chi connectivity index (χ2n) is 5.64. The van der Waals surface area contributed by atoms with Gasteiger partial charge in [0.1, 0.15) is 6.04 Å². The summed E-state index contributed by atoms with van der Waals surface area (Å²) in [5.41, 5.74) is 2.33. The summed E-state index contributed by atoms with van der Waals surface area (Å²) in [5, 5.41) is 11.7. The van der Waals surface area contributed by atoms with Crippen LogP contribution >= 0.6 is 0 Å². The highest BCUT2D eigenvalue weighted by Crippen LogP contribution is 2.18. The molecule has 7 nitrogen and oxygen atoms in total. The van der Waals surface area contributed by atoms with Gasteiger partial charge in [-0.15, -0.1) is 0 Å². The van der Waals surface area contributed by atoms with Crippen LogP contribution in [0.15, 0.2) is 23.0 Å². The minimum absolute atomic E-state index is 0.0812. The van der Waals surface area contributed by atoms with Gasteiger partial charge in [-0.2, -0.15) is 5.26 Å². The number of nitrogens with one attached hydrogen (secondary N) is 1. The molecule has 0 saturated carbocycles. The molecular formula is C16H21N5O2. The molecule has 1 aromatic carbocycles. The molecule has 0 spiro atoms. The number of aromatic nitrogens is 2. The molecule has 0 saturated heterocycles. The number of fused-ring (bicyclic) bond motifs is 1. The van der Waals surface area contributed by atoms with Crippen LogP contribution in [0.4, 0.5) is 5.69 Å². The minimum Gasteiger partial charge on any atom is -0.374 e. The maximum Gasteiger partial charge on any atom is 0.328 e. The predicted octanol–water partition coefficient (Wildman–Crippen LogP) is 1.05. The summed E-state index contributed by atoms with van der Waals surface area (Å²) in [5.74, 6) is -0.0812. The molecule has 1 amide bonds. The van der Waals surface area contributed by atoms with Crippen LogP contribution in [0, 0.1) is 11.3 Å². The molecule has 2 aromatic rings. The van der Waals surface area contributed by atoms with Gasteiger partial charge >= 0.3 is 5.69 Å². The molecule has 0 radical (unpaired) electrons. The number of nitriles is 1. The van der Waals surface area contributed by atoms with E-state index in [0.717, 1.165) is 16.7 Å². The van der Waals surface area contributed by atoms with E-state index in [0.29, 0.717) is 13.0 Å². The van der Waals surface area contributed by atoms with Crippen LogP contribution in [0.5, 0.6) is 0 Å². The van der Waals surface area contributed by atoms with Crippen molar-refractivity contribution in [3.8, 4) is 6.07 Å². The predicted molar refractivity (Wildman–Crippen MR) is 89.1 cm³/mol. The fourth-order valence-electron chi connectivity index (χ4n) is 2.57. The van der Waals surface area contributed by atoms with Crippen molar-refractivity contribution in [3.05, 3.63) is 28.7 Å². The number of carbonyl (C=O) groups excluding carboxylic acids is 1. The number of anilines is 1. The van der Waals surface area contributed by atoms with Gasteiger partial charge in [-0.1, -0.05) is 0 Å². The molecule has 0 aliphatic heterocycles. The summed E-state index contributed by atoms with van der Waals surface area (Å²) in [7, 11) is 5.13. The zero-order valence-corrected chi connectivity index (χ0v) is 13.8. The van der Waals surface area contributed by atoms with E-state index in [1.807, 2.05) is 24.3 Å². The number of rotatable bonds is 5. The van der Waals surface area contributed by atoms with Crippen LogP contribution in [-0.4, -0.2) is 39.6 Å². The highest BCUT2D eigenvalue weighted by Gasteiger charge is 2.17. The van der Waals surface area contributed by atoms with Crippen LogP contribution in [0.1, 0.15) is 13.3 Å². The Morgan fingerprint density at radius 2 is 2.00 bits per heavy atom. The second-order valence-corrected chi connectivity index (χ2v) is 5.64. The van der Waals surface area contributed by atoms with Gasteiger partial charge in [0.25, 0.3) is 0 Å². The maximum absolute atomic E-state index is 12.2. The third-order valence-electron chi connectivity index (χ3n) is 3.96. The van der Waals surface area contributed by atoms with Gasteiger partial charge in [0, 0.05) is 33.4 Å². The highest BCUT2D eigenvalue weighted by atomic mass is 16.2. The third-order valence-corrected chi connectivity index (χ3v) is 3.96. The first-order valence-electron chi connectivity index (χ1n) is 7.40. The molecule has 1 atom stereocenters. The molecule has 1 aromatic heterocycles. The van der Waals surface area contributed by atoms with Crippen LogP contribution in [-0.2, 0) is 18.9 Å². The quantitative estimate of drug-likeness (QED) is 0.894. The van der Waals surface area contributed by atoms with E-state index in [1.165, 1.54) is 4.90 Å². The Morgan fingerprint density at radius 1 is 1.35 bits per heavy atom. The van der Waals surface area contributed by atoms with E-state index >= 15 is 0 Å². The van der Waals surface area contributed by atoms with Crippen molar-refractivity contribution >= 4 is 22.6 Å². The minimum atomic E-state index is -0.420. The van der Waals surface area contributed by atoms with Gasteiger partial charge in [0.05, 0.1) is 23.5 Å². The van der Waals surface area contributed by atoms with Crippen molar-refractivity contribution in [2.45, 2.75) is 19.4 Å². The molecule has 2 rings (SSSR count). The van der Waals surface area contributed by atoms with Crippen LogP contribution in [0.2, 0.25) is 0 Å². The normalized spacial score (nSPS) is 12.0. The molecule has 0 unspecified atom stereocenters. The number of nitrogens with zero attached hydrogens (tertiary/aromatic N) is 4. The lowest BCUT2D eigenvalue weighted by Crippen LogP contribution is -2.39. The van der Waals surface area contributed by atoms with Crippen molar-refractivity contribution in [2.75, 3.05) is 18.9 Å². The van der Waals surface area contributed by atoms with Crippen molar-refractivity contribution in [3.63, 3.8) is 0 Å². The van der Waals surface area contributed by atoms with Gasteiger partial charge in [0.15, 0.2) is 0 Å². The SMILES string of the molecule is C[C@H](Nc1ccc2c(c1)n(C)c(=O)n2C)C(=O)N(C)CCC#N. The summed E-state index contributed by atoms with van der Waals surface area (Å²) < 4.78 is 3.16. The average molecular weight is 315 g/mol. The number of aryl methyl sites for hydroxylation is 2. The number of amides is 1. The monoisotopic (exact) mass is 315 g/mol. The zero-order chi connectivity index (χ0) is 17.1. The van der Waals surface area contributed by atoms with Gasteiger partial charge in [-0.25, -0.2) is 4.79 Å². The molecular weight excluding hydrogens is 294 g/mol. The summed E-state index contributed by atoms with van der Waals surface area (Å²) in [4.78, 5) is 25.7. The standard InChI is InChI=1S/C16H21N5O2/c1-11(15(22)19(2)9-5-8-17)18-12-6-7-13-14(10-12)21(4)16(23)20(13)3/h6-7,10-11,18H,5,9H2,1-4H3/t11-/m0/s1. The van der Waals surface area contributed by atoms with E-state index in [1.54, 1.807) is 37.2 Å². The number of imidazole rings is 1. The maximum atomic E-state index is 12.2. The number of hydrogen-bond acceptors (Lipinski definition) is 4. The first-order valence-corrected chi connectivity index (χ1v) is 7.40. The van der Waals surface area contributed by atoms with Gasteiger partial charge < -0.3 is 10.2 Å². The van der Waals surface area contributed by atoms with Gasteiger partial charge in [0.2, 0.25) is 5.91 Å². The molecule has 23 heavy (non-hydrogen) atoms. The Balaban J connectivity index is 2.19. The Hall–Kier alpha value is -2.75. The zero-order valence-electron chi connectivity index (χ0n) is 13.8. The van der Waals surface area contributed by atoms with Gasteiger partial charge in [-0.05, 0) is 25.1 Å². The largest absolute Gasteiger partial charge is 0.374 e. The Morgan fingerprint density at radius 3 is 2.65 bits per heavy atom. The van der Waals surface area contributed by atoms with Crippen molar-refractivity contribution < 1.29 is 4.79 Å². The van der Waals surface area contributed by atoms with E-state index in [2.05, 4.69) is 5.32 Å². The number of benzene rings is 1. The Bertz CT molecular complexity index is 827. The summed E-state index contributed by atoms with van der Waals surface area (Å²) >= 11 is 0. The fourth-order valence-corrected chi connectivity index (χ4v) is 2.57. The molecule has 0 bridgehead atoms. The first-order chi connectivity index (χ1) is 10.9. The van der Waals surface area contributed by atoms with Crippen LogP contribution < -0.4 is 11.0 Å². The van der Waals surface area contributed by atoms with Crippen LogP contribution in [0.3, 0.4) is 0 Å². The van der Waals surface area contributed by atoms with Crippen molar-refractivity contribution in [1.29, 1.82) is 5.26 Å². The molecule has 122 valence electrons. The summed E-state index contributed by atoms with van der Waals surface area (Å²) in [6, 6.07) is 7.17. The van der Waals surface area contributed by atoms with E-state index in [-0.39, 0.29) is 11.6 Å². The average Bonchev–Trinajstić information content (AvgIpc) is 2.76. The molecule has 0 aliphatic rings. The lowest BCUT2D eigenvalue weighted by molar-refractivity contribution is -0.130. The second kappa shape index (κ2) is 6.57. The summed E-state index contributed by atoms with van der Waals surface area (Å²) in [6.07, 6.45) is 0.313. The first kappa shape index (κ1) is 16.6.